The molecule has 0 radical (unpaired) electrons. The summed E-state index contributed by atoms with van der Waals surface area (Å²) in [5.74, 6) is 0.203. The molecule has 0 fully saturated rings. The van der Waals surface area contributed by atoms with Crippen molar-refractivity contribution < 1.29 is 26.4 Å². The molecule has 136 valence electrons. The zero-order valence-electron chi connectivity index (χ0n) is 13.3. The summed E-state index contributed by atoms with van der Waals surface area (Å²) in [6, 6.07) is 3.76. The third-order valence-electron chi connectivity index (χ3n) is 2.76. The second-order valence-electron chi connectivity index (χ2n) is 5.32. The Morgan fingerprint density at radius 3 is 2.50 bits per heavy atom. The minimum atomic E-state index is -5.55. The van der Waals surface area contributed by atoms with Gasteiger partial charge in [0.05, 0.1) is 11.4 Å². The fraction of sp³-hybridized carbons (Fsp3) is 0.500. The first kappa shape index (κ1) is 20.6. The van der Waals surface area contributed by atoms with Gasteiger partial charge in [-0.25, -0.2) is 0 Å². The Bertz CT molecular complexity index is 704. The zero-order valence-corrected chi connectivity index (χ0v) is 14.9. The number of oxime groups is 1. The highest BCUT2D eigenvalue weighted by atomic mass is 35.5. The highest BCUT2D eigenvalue weighted by Gasteiger charge is 2.46. The number of hydrogen-bond donors (Lipinski definition) is 1. The summed E-state index contributed by atoms with van der Waals surface area (Å²) < 4.78 is 61.9. The Labute approximate surface area is 143 Å². The van der Waals surface area contributed by atoms with Crippen LogP contribution in [-0.2, 0) is 14.9 Å². The molecule has 0 amide bonds. The van der Waals surface area contributed by atoms with E-state index in [0.29, 0.717) is 13.0 Å². The number of nitrogens with zero attached hydrogens (tertiary/aromatic N) is 1. The summed E-state index contributed by atoms with van der Waals surface area (Å²) in [4.78, 5) is 5.14. The molecule has 0 aliphatic carbocycles. The third-order valence-corrected chi connectivity index (χ3v) is 4.09. The molecule has 0 atom stereocenters. The maximum absolute atomic E-state index is 12.6. The molecule has 10 heteroatoms. The molecule has 0 aliphatic heterocycles. The van der Waals surface area contributed by atoms with Crippen molar-refractivity contribution in [1.29, 1.82) is 0 Å². The molecule has 0 saturated heterocycles. The van der Waals surface area contributed by atoms with Crippen molar-refractivity contribution in [1.82, 2.24) is 0 Å². The first-order chi connectivity index (χ1) is 11.0. The van der Waals surface area contributed by atoms with Gasteiger partial charge in [-0.15, -0.1) is 0 Å². The first-order valence-corrected chi connectivity index (χ1v) is 8.92. The van der Waals surface area contributed by atoms with Gasteiger partial charge in [-0.05, 0) is 30.5 Å². The van der Waals surface area contributed by atoms with E-state index in [-0.39, 0.29) is 27.9 Å². The maximum Gasteiger partial charge on any atom is 0.516 e. The van der Waals surface area contributed by atoms with Crippen LogP contribution in [-0.4, -0.2) is 26.2 Å². The molecule has 24 heavy (non-hydrogen) atoms. The predicted octanol–water partition coefficient (Wildman–Crippen LogP) is 4.39. The number of rotatable bonds is 7. The monoisotopic (exact) mass is 386 g/mol. The minimum Gasteiger partial charge on any atom is -0.395 e. The van der Waals surface area contributed by atoms with Crippen LogP contribution in [0.1, 0.15) is 32.8 Å². The SMILES string of the molecule is CC/C(=N\OCC(C)C)c1cc(Cl)ccc1NS(=O)(=O)C(F)(F)F. The number of sulfonamides is 1. The average molecular weight is 387 g/mol. The molecule has 5 nitrogen and oxygen atoms in total. The lowest BCUT2D eigenvalue weighted by atomic mass is 10.1. The number of benzene rings is 1. The lowest BCUT2D eigenvalue weighted by Crippen LogP contribution is -2.30. The molecule has 1 aromatic carbocycles. The Hall–Kier alpha value is -1.48. The number of hydrogen-bond acceptors (Lipinski definition) is 4. The molecule has 0 spiro atoms. The van der Waals surface area contributed by atoms with E-state index in [1.165, 1.54) is 16.9 Å². The van der Waals surface area contributed by atoms with Crippen LogP contribution in [0, 0.1) is 5.92 Å². The van der Waals surface area contributed by atoms with Gasteiger partial charge in [0.15, 0.2) is 0 Å². The van der Waals surface area contributed by atoms with Gasteiger partial charge in [0.1, 0.15) is 6.61 Å². The van der Waals surface area contributed by atoms with Crippen molar-refractivity contribution in [2.24, 2.45) is 11.1 Å². The van der Waals surface area contributed by atoms with E-state index < -0.39 is 15.5 Å². The van der Waals surface area contributed by atoms with Crippen molar-refractivity contribution in [3.63, 3.8) is 0 Å². The van der Waals surface area contributed by atoms with Crippen molar-refractivity contribution in [3.05, 3.63) is 28.8 Å². The Morgan fingerprint density at radius 2 is 2.00 bits per heavy atom. The maximum atomic E-state index is 12.6. The fourth-order valence-corrected chi connectivity index (χ4v) is 2.37. The van der Waals surface area contributed by atoms with Gasteiger partial charge in [0, 0.05) is 10.6 Å². The molecule has 1 aromatic rings. The lowest BCUT2D eigenvalue weighted by molar-refractivity contribution is -0.0429. The highest BCUT2D eigenvalue weighted by molar-refractivity contribution is 7.93. The van der Waals surface area contributed by atoms with Gasteiger partial charge in [0.2, 0.25) is 0 Å². The van der Waals surface area contributed by atoms with Crippen LogP contribution in [0.25, 0.3) is 0 Å². The van der Waals surface area contributed by atoms with Gasteiger partial charge < -0.3 is 4.84 Å². The van der Waals surface area contributed by atoms with E-state index >= 15 is 0 Å². The molecule has 0 unspecified atom stereocenters. The molecular formula is C14H18ClF3N2O3S. The Kier molecular flexibility index (Phi) is 6.91. The van der Waals surface area contributed by atoms with Crippen LogP contribution in [0.4, 0.5) is 18.9 Å². The summed E-state index contributed by atoms with van der Waals surface area (Å²) in [7, 11) is -5.55. The van der Waals surface area contributed by atoms with Gasteiger partial charge in [-0.3, -0.25) is 4.72 Å². The van der Waals surface area contributed by atoms with Crippen LogP contribution in [0.2, 0.25) is 5.02 Å². The van der Waals surface area contributed by atoms with Crippen LogP contribution in [0.15, 0.2) is 23.4 Å². The normalized spacial score (nSPS) is 13.2. The number of nitrogens with one attached hydrogen (secondary N) is 1. The van der Waals surface area contributed by atoms with Crippen LogP contribution in [0.5, 0.6) is 0 Å². The third kappa shape index (κ3) is 5.55. The van der Waals surface area contributed by atoms with E-state index in [1.54, 1.807) is 6.92 Å². The standard InChI is InChI=1S/C14H18ClF3N2O3S/c1-4-12(19-23-8-9(2)3)11-7-10(15)5-6-13(11)20-24(21,22)14(16,17)18/h5-7,9,20H,4,8H2,1-3H3/b19-12+. The Morgan fingerprint density at radius 1 is 1.38 bits per heavy atom. The molecule has 0 aromatic heterocycles. The van der Waals surface area contributed by atoms with Crippen LogP contribution >= 0.6 is 11.6 Å². The second kappa shape index (κ2) is 8.06. The summed E-state index contributed by atoms with van der Waals surface area (Å²) in [6.45, 7) is 5.83. The largest absolute Gasteiger partial charge is 0.516 e. The minimum absolute atomic E-state index is 0.126. The molecule has 0 saturated carbocycles. The summed E-state index contributed by atoms with van der Waals surface area (Å²) >= 11 is 5.87. The number of anilines is 1. The highest BCUT2D eigenvalue weighted by Crippen LogP contribution is 2.29. The second-order valence-corrected chi connectivity index (χ2v) is 7.43. The quantitative estimate of drug-likeness (QED) is 0.558. The van der Waals surface area contributed by atoms with E-state index in [9.17, 15) is 21.6 Å². The van der Waals surface area contributed by atoms with Crippen molar-refractivity contribution >= 4 is 33.0 Å². The predicted molar refractivity (Wildman–Crippen MR) is 87.7 cm³/mol. The fourth-order valence-electron chi connectivity index (χ4n) is 1.62. The molecule has 0 bridgehead atoms. The molecular weight excluding hydrogens is 369 g/mol. The van der Waals surface area contributed by atoms with Gasteiger partial charge in [-0.1, -0.05) is 37.5 Å². The summed E-state index contributed by atoms with van der Waals surface area (Å²) in [6.07, 6.45) is 0.305. The van der Waals surface area contributed by atoms with Crippen LogP contribution < -0.4 is 4.72 Å². The van der Waals surface area contributed by atoms with Gasteiger partial charge >= 0.3 is 15.5 Å². The van der Waals surface area contributed by atoms with E-state index in [1.807, 2.05) is 13.8 Å². The molecule has 1 rings (SSSR count). The van der Waals surface area contributed by atoms with E-state index in [2.05, 4.69) is 5.16 Å². The number of halogens is 4. The van der Waals surface area contributed by atoms with Crippen molar-refractivity contribution in [2.75, 3.05) is 11.3 Å². The lowest BCUT2D eigenvalue weighted by Gasteiger charge is -2.15. The zero-order chi connectivity index (χ0) is 18.5. The van der Waals surface area contributed by atoms with Gasteiger partial charge in [0.25, 0.3) is 0 Å². The van der Waals surface area contributed by atoms with Crippen molar-refractivity contribution in [2.45, 2.75) is 32.7 Å². The van der Waals surface area contributed by atoms with E-state index in [4.69, 9.17) is 16.4 Å². The first-order valence-electron chi connectivity index (χ1n) is 7.05. The molecule has 0 aliphatic rings. The molecule has 0 heterocycles. The summed E-state index contributed by atoms with van der Waals surface area (Å²) in [5, 5.41) is 4.12. The van der Waals surface area contributed by atoms with Gasteiger partial charge in [-0.2, -0.15) is 21.6 Å². The molecule has 1 N–H and O–H groups in total. The van der Waals surface area contributed by atoms with Crippen molar-refractivity contribution in [3.8, 4) is 0 Å². The van der Waals surface area contributed by atoms with E-state index in [0.717, 1.165) is 6.07 Å². The smallest absolute Gasteiger partial charge is 0.395 e. The topological polar surface area (TPSA) is 67.8 Å². The summed E-state index contributed by atoms with van der Waals surface area (Å²) in [5.41, 5.74) is -5.30. The average Bonchev–Trinajstić information content (AvgIpc) is 2.44. The Balaban J connectivity index is 3.25. The van der Waals surface area contributed by atoms with Crippen LogP contribution in [0.3, 0.4) is 0 Å². The number of alkyl halides is 3.